The summed E-state index contributed by atoms with van der Waals surface area (Å²) >= 11 is 6.45. The zero-order valence-corrected chi connectivity index (χ0v) is 16.0. The summed E-state index contributed by atoms with van der Waals surface area (Å²) in [7, 11) is -3.62. The summed E-state index contributed by atoms with van der Waals surface area (Å²) in [4.78, 5) is 0.138. The second kappa shape index (κ2) is 8.47. The molecule has 0 aliphatic carbocycles. The van der Waals surface area contributed by atoms with Crippen LogP contribution in [-0.2, 0) is 14.8 Å². The van der Waals surface area contributed by atoms with Gasteiger partial charge in [-0.3, -0.25) is 0 Å². The number of sulfonamides is 1. The van der Waals surface area contributed by atoms with Crippen LogP contribution in [0.4, 0.5) is 5.69 Å². The molecule has 120 valence electrons. The Morgan fingerprint density at radius 3 is 2.33 bits per heavy atom. The third-order valence-corrected chi connectivity index (χ3v) is 6.00. The zero-order valence-electron chi connectivity index (χ0n) is 12.0. The Bertz CT molecular complexity index is 554. The summed E-state index contributed by atoms with van der Waals surface area (Å²) in [5.74, 6) is 0.573. The fourth-order valence-electron chi connectivity index (χ4n) is 1.58. The minimum Gasteiger partial charge on any atom is -0.399 e. The van der Waals surface area contributed by atoms with Crippen molar-refractivity contribution in [3.8, 4) is 0 Å². The highest BCUT2D eigenvalue weighted by Crippen LogP contribution is 2.32. The van der Waals surface area contributed by atoms with Crippen molar-refractivity contribution in [2.75, 3.05) is 25.5 Å². The van der Waals surface area contributed by atoms with Crippen molar-refractivity contribution >= 4 is 47.6 Å². The molecule has 0 fully saturated rings. The van der Waals surface area contributed by atoms with Crippen molar-refractivity contribution in [1.29, 1.82) is 0 Å². The van der Waals surface area contributed by atoms with Crippen molar-refractivity contribution in [3.05, 3.63) is 21.1 Å². The average Bonchev–Trinajstić information content (AvgIpc) is 2.31. The minimum atomic E-state index is -3.62. The first kappa shape index (κ1) is 18.9. The molecule has 0 unspecified atom stereocenters. The van der Waals surface area contributed by atoms with Crippen LogP contribution in [0.25, 0.3) is 0 Å². The van der Waals surface area contributed by atoms with Gasteiger partial charge in [0.2, 0.25) is 10.0 Å². The van der Waals surface area contributed by atoms with E-state index in [1.807, 2.05) is 0 Å². The van der Waals surface area contributed by atoms with Gasteiger partial charge < -0.3 is 10.5 Å². The predicted molar refractivity (Wildman–Crippen MR) is 91.7 cm³/mol. The minimum absolute atomic E-state index is 0.138. The molecule has 0 saturated carbocycles. The van der Waals surface area contributed by atoms with Gasteiger partial charge in [0.25, 0.3) is 0 Å². The molecule has 0 heterocycles. The number of benzene rings is 1. The molecule has 0 atom stereocenters. The highest BCUT2D eigenvalue weighted by atomic mass is 79.9. The standard InChI is InChI=1S/C13H20Br2N2O3S/c1-9(2)3-5-20-6-4-17-21(18,19)13-11(14)7-10(16)8-12(13)15/h7-9,17H,3-6,16H2,1-2H3. The van der Waals surface area contributed by atoms with Crippen LogP contribution >= 0.6 is 31.9 Å². The molecule has 0 saturated heterocycles. The predicted octanol–water partition coefficient (Wildman–Crippen LogP) is 3.13. The summed E-state index contributed by atoms with van der Waals surface area (Å²) in [5, 5.41) is 0. The van der Waals surface area contributed by atoms with Gasteiger partial charge in [-0.1, -0.05) is 13.8 Å². The second-order valence-corrected chi connectivity index (χ2v) is 8.42. The fraction of sp³-hybridized carbons (Fsp3) is 0.538. The van der Waals surface area contributed by atoms with E-state index in [1.165, 1.54) is 0 Å². The van der Waals surface area contributed by atoms with Crippen LogP contribution < -0.4 is 10.5 Å². The second-order valence-electron chi connectivity index (χ2n) is 5.01. The molecular formula is C13H20Br2N2O3S. The summed E-state index contributed by atoms with van der Waals surface area (Å²) in [6.07, 6.45) is 0.960. The van der Waals surface area contributed by atoms with Gasteiger partial charge in [-0.05, 0) is 56.3 Å². The maximum atomic E-state index is 12.3. The number of halogens is 2. The Hall–Kier alpha value is -0.150. The largest absolute Gasteiger partial charge is 0.399 e. The molecule has 3 N–H and O–H groups in total. The number of ether oxygens (including phenoxy) is 1. The molecule has 5 nitrogen and oxygen atoms in total. The molecule has 1 rings (SSSR count). The maximum absolute atomic E-state index is 12.3. The van der Waals surface area contributed by atoms with Crippen molar-refractivity contribution in [2.24, 2.45) is 5.92 Å². The first-order valence-corrected chi connectivity index (χ1v) is 9.63. The van der Waals surface area contributed by atoms with Crippen LogP contribution in [0, 0.1) is 5.92 Å². The topological polar surface area (TPSA) is 81.4 Å². The number of hydrogen-bond acceptors (Lipinski definition) is 4. The smallest absolute Gasteiger partial charge is 0.242 e. The number of anilines is 1. The Morgan fingerprint density at radius 1 is 1.24 bits per heavy atom. The molecule has 21 heavy (non-hydrogen) atoms. The fourth-order valence-corrected chi connectivity index (χ4v) is 5.21. The lowest BCUT2D eigenvalue weighted by Gasteiger charge is -2.12. The number of nitrogens with two attached hydrogens (primary N) is 1. The molecule has 0 bridgehead atoms. The number of hydrogen-bond donors (Lipinski definition) is 2. The molecule has 0 aliphatic heterocycles. The lowest BCUT2D eigenvalue weighted by molar-refractivity contribution is 0.128. The molecule has 0 spiro atoms. The first-order valence-electron chi connectivity index (χ1n) is 6.56. The summed E-state index contributed by atoms with van der Waals surface area (Å²) in [5.41, 5.74) is 6.13. The number of nitrogens with one attached hydrogen (secondary N) is 1. The van der Waals surface area contributed by atoms with E-state index in [2.05, 4.69) is 50.4 Å². The lowest BCUT2D eigenvalue weighted by atomic mass is 10.1. The molecule has 8 heteroatoms. The number of rotatable bonds is 8. The lowest BCUT2D eigenvalue weighted by Crippen LogP contribution is -2.28. The quantitative estimate of drug-likeness (QED) is 0.477. The summed E-state index contributed by atoms with van der Waals surface area (Å²) < 4.78 is 33.3. The monoisotopic (exact) mass is 442 g/mol. The van der Waals surface area contributed by atoms with Crippen LogP contribution in [-0.4, -0.2) is 28.2 Å². The van der Waals surface area contributed by atoms with E-state index in [0.717, 1.165) is 6.42 Å². The molecule has 0 radical (unpaired) electrons. The first-order chi connectivity index (χ1) is 9.74. The highest BCUT2D eigenvalue weighted by molar-refractivity contribution is 9.11. The Labute approximate surface area is 142 Å². The third kappa shape index (κ3) is 6.23. The van der Waals surface area contributed by atoms with Gasteiger partial charge in [0.1, 0.15) is 4.90 Å². The van der Waals surface area contributed by atoms with E-state index >= 15 is 0 Å². The highest BCUT2D eigenvalue weighted by Gasteiger charge is 2.21. The van der Waals surface area contributed by atoms with Crippen molar-refractivity contribution < 1.29 is 13.2 Å². The zero-order chi connectivity index (χ0) is 16.0. The van der Waals surface area contributed by atoms with Crippen LogP contribution in [0.3, 0.4) is 0 Å². The van der Waals surface area contributed by atoms with Gasteiger partial charge >= 0.3 is 0 Å². The van der Waals surface area contributed by atoms with E-state index < -0.39 is 10.0 Å². The average molecular weight is 444 g/mol. The summed E-state index contributed by atoms with van der Waals surface area (Å²) in [6, 6.07) is 3.11. The van der Waals surface area contributed by atoms with Gasteiger partial charge in [-0.2, -0.15) is 0 Å². The van der Waals surface area contributed by atoms with E-state index in [-0.39, 0.29) is 11.4 Å². The molecule has 0 aliphatic rings. The molecular weight excluding hydrogens is 424 g/mol. The van der Waals surface area contributed by atoms with Gasteiger partial charge in [0.15, 0.2) is 0 Å². The maximum Gasteiger partial charge on any atom is 0.242 e. The van der Waals surface area contributed by atoms with Crippen molar-refractivity contribution in [2.45, 2.75) is 25.2 Å². The normalized spacial score (nSPS) is 12.0. The van der Waals surface area contributed by atoms with Crippen LogP contribution in [0.5, 0.6) is 0 Å². The van der Waals surface area contributed by atoms with Gasteiger partial charge in [-0.25, -0.2) is 13.1 Å². The molecule has 1 aromatic carbocycles. The van der Waals surface area contributed by atoms with Crippen LogP contribution in [0.2, 0.25) is 0 Å². The van der Waals surface area contributed by atoms with Gasteiger partial charge in [0.05, 0.1) is 6.61 Å². The van der Waals surface area contributed by atoms with Gasteiger partial charge in [-0.15, -0.1) is 0 Å². The van der Waals surface area contributed by atoms with E-state index in [4.69, 9.17) is 10.5 Å². The Morgan fingerprint density at radius 2 is 1.81 bits per heavy atom. The molecule has 0 aromatic heterocycles. The summed E-state index contributed by atoms with van der Waals surface area (Å²) in [6.45, 7) is 5.43. The Kier molecular flexibility index (Phi) is 7.63. The van der Waals surface area contributed by atoms with Crippen LogP contribution in [0.1, 0.15) is 20.3 Å². The Balaban J connectivity index is 2.59. The van der Waals surface area contributed by atoms with Gasteiger partial charge in [0, 0.05) is 27.8 Å². The molecule has 1 aromatic rings. The molecule has 0 amide bonds. The third-order valence-electron chi connectivity index (χ3n) is 2.67. The van der Waals surface area contributed by atoms with E-state index in [0.29, 0.717) is 33.8 Å². The SMILES string of the molecule is CC(C)CCOCCNS(=O)(=O)c1c(Br)cc(N)cc1Br. The van der Waals surface area contributed by atoms with Crippen molar-refractivity contribution in [3.63, 3.8) is 0 Å². The number of nitrogen functional groups attached to an aromatic ring is 1. The van der Waals surface area contributed by atoms with Crippen molar-refractivity contribution in [1.82, 2.24) is 4.72 Å². The van der Waals surface area contributed by atoms with E-state index in [1.54, 1.807) is 12.1 Å². The van der Waals surface area contributed by atoms with E-state index in [9.17, 15) is 8.42 Å². The van der Waals surface area contributed by atoms with Crippen LogP contribution in [0.15, 0.2) is 26.0 Å².